The number of sulfonamides is 1. The highest BCUT2D eigenvalue weighted by Gasteiger charge is 2.22. The van der Waals surface area contributed by atoms with E-state index in [1.807, 2.05) is 13.8 Å². The van der Waals surface area contributed by atoms with Gasteiger partial charge in [0.05, 0.1) is 11.5 Å². The Hall–Kier alpha value is -1.11. The molecule has 1 aromatic carbocycles. The van der Waals surface area contributed by atoms with E-state index in [0.29, 0.717) is 11.5 Å². The predicted molar refractivity (Wildman–Crippen MR) is 78.6 cm³/mol. The van der Waals surface area contributed by atoms with Crippen molar-refractivity contribution in [2.24, 2.45) is 0 Å². The Bertz CT molecular complexity index is 552. The van der Waals surface area contributed by atoms with E-state index in [-0.39, 0.29) is 6.04 Å². The van der Waals surface area contributed by atoms with Crippen LogP contribution in [0, 0.1) is 6.92 Å². The molecule has 1 fully saturated rings. The van der Waals surface area contributed by atoms with Gasteiger partial charge >= 0.3 is 0 Å². The fourth-order valence-corrected chi connectivity index (χ4v) is 3.72. The van der Waals surface area contributed by atoms with E-state index in [9.17, 15) is 8.42 Å². The molecule has 0 radical (unpaired) electrons. The lowest BCUT2D eigenvalue weighted by Crippen LogP contribution is -2.42. The predicted octanol–water partition coefficient (Wildman–Crippen LogP) is 1.42. The average Bonchev–Trinajstić information content (AvgIpc) is 2.42. The topological polar surface area (TPSA) is 67.4 Å². The van der Waals surface area contributed by atoms with Gasteiger partial charge in [0.15, 0.2) is 0 Å². The lowest BCUT2D eigenvalue weighted by Gasteiger charge is -2.23. The minimum Gasteiger partial charge on any atom is -0.494 e. The molecule has 1 aromatic rings. The molecule has 1 saturated heterocycles. The number of aryl methyl sites for hydroxylation is 1. The molecular formula is C14H22N2O3S. The fraction of sp³-hybridized carbons (Fsp3) is 0.571. The van der Waals surface area contributed by atoms with Crippen molar-refractivity contribution in [1.82, 2.24) is 10.0 Å². The van der Waals surface area contributed by atoms with Crippen LogP contribution in [0.5, 0.6) is 5.75 Å². The number of rotatable bonds is 5. The molecule has 2 rings (SSSR count). The summed E-state index contributed by atoms with van der Waals surface area (Å²) in [6, 6.07) is 5.00. The Morgan fingerprint density at radius 1 is 1.35 bits per heavy atom. The molecule has 5 nitrogen and oxygen atoms in total. The van der Waals surface area contributed by atoms with Gasteiger partial charge < -0.3 is 10.1 Å². The second-order valence-corrected chi connectivity index (χ2v) is 6.72. The Morgan fingerprint density at radius 2 is 2.05 bits per heavy atom. The van der Waals surface area contributed by atoms with E-state index < -0.39 is 10.0 Å². The van der Waals surface area contributed by atoms with E-state index in [4.69, 9.17) is 4.74 Å². The van der Waals surface area contributed by atoms with Crippen LogP contribution in [0.25, 0.3) is 0 Å². The van der Waals surface area contributed by atoms with E-state index in [1.165, 1.54) is 0 Å². The Balaban J connectivity index is 2.14. The zero-order valence-electron chi connectivity index (χ0n) is 12.0. The van der Waals surface area contributed by atoms with Crippen LogP contribution >= 0.6 is 0 Å². The zero-order chi connectivity index (χ0) is 14.6. The molecule has 0 amide bonds. The molecule has 112 valence electrons. The van der Waals surface area contributed by atoms with Gasteiger partial charge in [-0.1, -0.05) is 0 Å². The normalized spacial score (nSPS) is 17.1. The number of nitrogens with one attached hydrogen (secondary N) is 2. The highest BCUT2D eigenvalue weighted by atomic mass is 32.2. The molecule has 1 aliphatic heterocycles. The molecule has 0 saturated carbocycles. The summed E-state index contributed by atoms with van der Waals surface area (Å²) in [5.41, 5.74) is 0.833. The van der Waals surface area contributed by atoms with Gasteiger partial charge in [0.1, 0.15) is 5.75 Å². The third kappa shape index (κ3) is 3.71. The highest BCUT2D eigenvalue weighted by Crippen LogP contribution is 2.22. The maximum Gasteiger partial charge on any atom is 0.240 e. The molecule has 1 heterocycles. The summed E-state index contributed by atoms with van der Waals surface area (Å²) in [5.74, 6) is 0.730. The minimum atomic E-state index is -3.45. The van der Waals surface area contributed by atoms with E-state index in [0.717, 1.165) is 37.2 Å². The maximum absolute atomic E-state index is 12.3. The van der Waals surface area contributed by atoms with E-state index in [1.54, 1.807) is 18.2 Å². The van der Waals surface area contributed by atoms with E-state index in [2.05, 4.69) is 10.0 Å². The third-order valence-corrected chi connectivity index (χ3v) is 4.94. The summed E-state index contributed by atoms with van der Waals surface area (Å²) in [6.45, 7) is 6.04. The van der Waals surface area contributed by atoms with Gasteiger partial charge in [-0.25, -0.2) is 13.1 Å². The molecule has 0 atom stereocenters. The summed E-state index contributed by atoms with van der Waals surface area (Å²) >= 11 is 0. The molecular weight excluding hydrogens is 276 g/mol. The lowest BCUT2D eigenvalue weighted by molar-refractivity contribution is 0.337. The van der Waals surface area contributed by atoms with Gasteiger partial charge in [-0.2, -0.15) is 0 Å². The maximum atomic E-state index is 12.3. The second kappa shape index (κ2) is 6.56. The number of piperidine rings is 1. The number of benzene rings is 1. The van der Waals surface area contributed by atoms with Crippen molar-refractivity contribution >= 4 is 10.0 Å². The Kier molecular flexibility index (Phi) is 5.01. The zero-order valence-corrected chi connectivity index (χ0v) is 12.8. The van der Waals surface area contributed by atoms with Crippen molar-refractivity contribution in [3.63, 3.8) is 0 Å². The quantitative estimate of drug-likeness (QED) is 0.863. The van der Waals surface area contributed by atoms with Crippen LogP contribution in [0.2, 0.25) is 0 Å². The largest absolute Gasteiger partial charge is 0.494 e. The first-order valence-corrected chi connectivity index (χ1v) is 8.47. The van der Waals surface area contributed by atoms with Crippen LogP contribution in [0.3, 0.4) is 0 Å². The summed E-state index contributed by atoms with van der Waals surface area (Å²) in [6.07, 6.45) is 1.66. The van der Waals surface area contributed by atoms with Crippen LogP contribution in [-0.4, -0.2) is 34.2 Å². The van der Waals surface area contributed by atoms with Crippen LogP contribution in [0.4, 0.5) is 0 Å². The van der Waals surface area contributed by atoms with Gasteiger partial charge in [-0.3, -0.25) is 0 Å². The fourth-order valence-electron chi connectivity index (χ4n) is 2.33. The molecule has 0 unspecified atom stereocenters. The van der Waals surface area contributed by atoms with Gasteiger partial charge in [0.25, 0.3) is 0 Å². The first kappa shape index (κ1) is 15.3. The summed E-state index contributed by atoms with van der Waals surface area (Å²) in [5, 5.41) is 3.22. The summed E-state index contributed by atoms with van der Waals surface area (Å²) in [7, 11) is -3.45. The molecule has 0 bridgehead atoms. The van der Waals surface area contributed by atoms with E-state index >= 15 is 0 Å². The molecule has 1 aliphatic rings. The average molecular weight is 298 g/mol. The molecule has 0 aromatic heterocycles. The Labute approximate surface area is 120 Å². The van der Waals surface area contributed by atoms with Gasteiger partial charge in [-0.15, -0.1) is 0 Å². The van der Waals surface area contributed by atoms with Crippen LogP contribution in [0.1, 0.15) is 25.3 Å². The van der Waals surface area contributed by atoms with Crippen LogP contribution < -0.4 is 14.8 Å². The van der Waals surface area contributed by atoms with Gasteiger partial charge in [0, 0.05) is 6.04 Å². The van der Waals surface area contributed by atoms with Crippen molar-refractivity contribution in [3.05, 3.63) is 23.8 Å². The second-order valence-electron chi connectivity index (χ2n) is 5.01. The third-order valence-electron chi connectivity index (χ3n) is 3.42. The Morgan fingerprint density at radius 3 is 2.65 bits per heavy atom. The van der Waals surface area contributed by atoms with Crippen molar-refractivity contribution in [2.45, 2.75) is 37.6 Å². The highest BCUT2D eigenvalue weighted by molar-refractivity contribution is 7.89. The van der Waals surface area contributed by atoms with Gasteiger partial charge in [-0.05, 0) is 63.5 Å². The monoisotopic (exact) mass is 298 g/mol. The van der Waals surface area contributed by atoms with Crippen molar-refractivity contribution in [2.75, 3.05) is 19.7 Å². The number of hydrogen-bond donors (Lipinski definition) is 2. The number of hydrogen-bond acceptors (Lipinski definition) is 4. The minimum absolute atomic E-state index is 0.0214. The SMILES string of the molecule is CCOc1ccc(S(=O)(=O)NC2CCNCC2)cc1C. The number of ether oxygens (including phenoxy) is 1. The van der Waals surface area contributed by atoms with Crippen LogP contribution in [-0.2, 0) is 10.0 Å². The summed E-state index contributed by atoms with van der Waals surface area (Å²) < 4.78 is 32.9. The molecule has 2 N–H and O–H groups in total. The standard InChI is InChI=1S/C14H22N2O3S/c1-3-19-14-5-4-13(10-11(14)2)20(17,18)16-12-6-8-15-9-7-12/h4-5,10,12,15-16H,3,6-9H2,1-2H3. The van der Waals surface area contributed by atoms with Crippen molar-refractivity contribution < 1.29 is 13.2 Å². The first-order valence-electron chi connectivity index (χ1n) is 6.99. The molecule has 6 heteroatoms. The lowest BCUT2D eigenvalue weighted by atomic mass is 10.1. The molecule has 20 heavy (non-hydrogen) atoms. The van der Waals surface area contributed by atoms with Gasteiger partial charge in [0.2, 0.25) is 10.0 Å². The first-order chi connectivity index (χ1) is 9.53. The summed E-state index contributed by atoms with van der Waals surface area (Å²) in [4.78, 5) is 0.303. The van der Waals surface area contributed by atoms with Crippen LogP contribution in [0.15, 0.2) is 23.1 Å². The van der Waals surface area contributed by atoms with Crippen molar-refractivity contribution in [3.8, 4) is 5.75 Å². The van der Waals surface area contributed by atoms with Crippen molar-refractivity contribution in [1.29, 1.82) is 0 Å². The smallest absolute Gasteiger partial charge is 0.240 e. The molecule has 0 spiro atoms. The molecule has 0 aliphatic carbocycles.